The van der Waals surface area contributed by atoms with Gasteiger partial charge >= 0.3 is 5.97 Å². The van der Waals surface area contributed by atoms with Gasteiger partial charge in [-0.2, -0.15) is 5.10 Å². The van der Waals surface area contributed by atoms with E-state index in [1.54, 1.807) is 13.8 Å². The molecule has 1 amide bonds. The number of carboxylic acid groups (broad SMARTS) is 1. The molecule has 0 saturated heterocycles. The Morgan fingerprint density at radius 3 is 2.80 bits per heavy atom. The van der Waals surface area contributed by atoms with E-state index in [2.05, 4.69) is 25.8 Å². The van der Waals surface area contributed by atoms with E-state index in [1.807, 2.05) is 0 Å². The van der Waals surface area contributed by atoms with Crippen molar-refractivity contribution in [3.63, 3.8) is 0 Å². The van der Waals surface area contributed by atoms with Gasteiger partial charge in [0.1, 0.15) is 6.54 Å². The number of nitrogens with one attached hydrogen (secondary N) is 2. The number of hydrogen-bond donors (Lipinski definition) is 3. The smallest absolute Gasteiger partial charge is 0.309 e. The van der Waals surface area contributed by atoms with Crippen LogP contribution in [0.25, 0.3) is 0 Å². The van der Waals surface area contributed by atoms with Crippen LogP contribution in [0, 0.1) is 13.8 Å². The molecule has 0 bridgehead atoms. The lowest BCUT2D eigenvalue weighted by Gasteiger charge is -2.04. The van der Waals surface area contributed by atoms with Gasteiger partial charge in [0, 0.05) is 6.20 Å². The van der Waals surface area contributed by atoms with Gasteiger partial charge in [-0.05, 0) is 13.8 Å². The van der Waals surface area contributed by atoms with Gasteiger partial charge in [0.25, 0.3) is 0 Å². The highest BCUT2D eigenvalue weighted by Crippen LogP contribution is 2.15. The molecular weight excluding hydrogens is 264 g/mol. The van der Waals surface area contributed by atoms with Gasteiger partial charge in [-0.15, -0.1) is 5.10 Å². The van der Waals surface area contributed by atoms with E-state index in [0.29, 0.717) is 17.1 Å². The number of rotatable bonds is 5. The number of hydrogen-bond acceptors (Lipinski definition) is 5. The van der Waals surface area contributed by atoms with Gasteiger partial charge in [-0.3, -0.25) is 14.7 Å². The van der Waals surface area contributed by atoms with E-state index < -0.39 is 5.97 Å². The Labute approximate surface area is 114 Å². The predicted molar refractivity (Wildman–Crippen MR) is 68.1 cm³/mol. The maximum atomic E-state index is 11.9. The molecule has 106 valence electrons. The Hall–Kier alpha value is -2.71. The standard InChI is InChI=1S/C11H14N6O3/c1-6-11(7(2)14-13-6)12-9(18)5-17-4-8(15-16-17)3-10(19)20/h4H,3,5H2,1-2H3,(H,12,18)(H,13,14)(H,19,20). The molecule has 3 N–H and O–H groups in total. The number of anilines is 1. The fraction of sp³-hybridized carbons (Fsp3) is 0.364. The summed E-state index contributed by atoms with van der Waals surface area (Å²) in [4.78, 5) is 22.4. The molecule has 0 unspecified atom stereocenters. The first-order valence-electron chi connectivity index (χ1n) is 5.88. The first-order chi connectivity index (χ1) is 9.45. The molecule has 0 aromatic carbocycles. The Kier molecular flexibility index (Phi) is 3.78. The minimum atomic E-state index is -0.994. The van der Waals surface area contributed by atoms with Gasteiger partial charge < -0.3 is 10.4 Å². The summed E-state index contributed by atoms with van der Waals surface area (Å²) < 4.78 is 1.29. The molecule has 0 fully saturated rings. The molecule has 0 aliphatic carbocycles. The van der Waals surface area contributed by atoms with Crippen LogP contribution in [0.3, 0.4) is 0 Å². The van der Waals surface area contributed by atoms with Crippen LogP contribution < -0.4 is 5.32 Å². The third-order valence-corrected chi connectivity index (χ3v) is 2.62. The van der Waals surface area contributed by atoms with Crippen molar-refractivity contribution in [2.75, 3.05) is 5.32 Å². The summed E-state index contributed by atoms with van der Waals surface area (Å²) in [5.74, 6) is -1.28. The molecule has 20 heavy (non-hydrogen) atoms. The maximum Gasteiger partial charge on any atom is 0.309 e. The Balaban J connectivity index is 1.98. The van der Waals surface area contributed by atoms with Crippen molar-refractivity contribution in [1.29, 1.82) is 0 Å². The number of carbonyl (C=O) groups is 2. The normalized spacial score (nSPS) is 10.5. The van der Waals surface area contributed by atoms with E-state index in [-0.39, 0.29) is 18.9 Å². The first-order valence-corrected chi connectivity index (χ1v) is 5.88. The zero-order chi connectivity index (χ0) is 14.7. The summed E-state index contributed by atoms with van der Waals surface area (Å²) in [6.07, 6.45) is 1.21. The van der Waals surface area contributed by atoms with E-state index in [9.17, 15) is 9.59 Å². The number of nitrogens with zero attached hydrogens (tertiary/aromatic N) is 4. The second-order valence-electron chi connectivity index (χ2n) is 4.34. The minimum absolute atomic E-state index is 0.0450. The van der Waals surface area contributed by atoms with Crippen molar-refractivity contribution in [3.8, 4) is 0 Å². The second-order valence-corrected chi connectivity index (χ2v) is 4.34. The van der Waals surface area contributed by atoms with Gasteiger partial charge in [0.05, 0.1) is 29.2 Å². The average molecular weight is 278 g/mol. The molecule has 2 heterocycles. The molecule has 2 aromatic rings. The SMILES string of the molecule is Cc1n[nH]c(C)c1NC(=O)Cn1cc(CC(=O)O)nn1. The molecule has 2 rings (SSSR count). The van der Waals surface area contributed by atoms with Crippen LogP contribution in [0.15, 0.2) is 6.20 Å². The van der Waals surface area contributed by atoms with Crippen molar-refractivity contribution < 1.29 is 14.7 Å². The minimum Gasteiger partial charge on any atom is -0.481 e. The fourth-order valence-electron chi connectivity index (χ4n) is 1.71. The maximum absolute atomic E-state index is 11.9. The largest absolute Gasteiger partial charge is 0.481 e. The third kappa shape index (κ3) is 3.19. The summed E-state index contributed by atoms with van der Waals surface area (Å²) in [6, 6.07) is 0. The number of amides is 1. The molecule has 2 aromatic heterocycles. The highest BCUT2D eigenvalue weighted by atomic mass is 16.4. The molecule has 0 atom stereocenters. The van der Waals surface area contributed by atoms with E-state index >= 15 is 0 Å². The summed E-state index contributed by atoms with van der Waals surface area (Å²) in [5.41, 5.74) is 2.41. The molecule has 9 heteroatoms. The summed E-state index contributed by atoms with van der Waals surface area (Å²) in [5, 5.41) is 25.5. The van der Waals surface area contributed by atoms with Crippen molar-refractivity contribution in [3.05, 3.63) is 23.3 Å². The average Bonchev–Trinajstić information content (AvgIpc) is 2.90. The molecule has 0 aliphatic rings. The van der Waals surface area contributed by atoms with Gasteiger partial charge in [-0.25, -0.2) is 4.68 Å². The number of H-pyrrole nitrogens is 1. The summed E-state index contributed by atoms with van der Waals surface area (Å²) >= 11 is 0. The van der Waals surface area contributed by atoms with E-state index in [0.717, 1.165) is 5.69 Å². The predicted octanol–water partition coefficient (Wildman–Crippen LogP) is -0.116. The van der Waals surface area contributed by atoms with Gasteiger partial charge in [-0.1, -0.05) is 5.21 Å². The van der Waals surface area contributed by atoms with Crippen molar-refractivity contribution in [2.24, 2.45) is 0 Å². The fourth-order valence-corrected chi connectivity index (χ4v) is 1.71. The van der Waals surface area contributed by atoms with Crippen molar-refractivity contribution >= 4 is 17.6 Å². The molecule has 0 aliphatic heterocycles. The Morgan fingerprint density at radius 2 is 2.20 bits per heavy atom. The Morgan fingerprint density at radius 1 is 1.45 bits per heavy atom. The molecule has 0 spiro atoms. The number of carboxylic acids is 1. The zero-order valence-electron chi connectivity index (χ0n) is 11.0. The van der Waals surface area contributed by atoms with Gasteiger partial charge in [0.2, 0.25) is 5.91 Å². The highest BCUT2D eigenvalue weighted by Gasteiger charge is 2.12. The first kappa shape index (κ1) is 13.7. The van der Waals surface area contributed by atoms with Crippen molar-refractivity contribution in [1.82, 2.24) is 25.2 Å². The molecule has 0 saturated carbocycles. The van der Waals surface area contributed by atoms with Crippen LogP contribution >= 0.6 is 0 Å². The lowest BCUT2D eigenvalue weighted by Crippen LogP contribution is -2.19. The third-order valence-electron chi connectivity index (χ3n) is 2.62. The topological polar surface area (TPSA) is 126 Å². The zero-order valence-corrected chi connectivity index (χ0v) is 11.0. The number of aryl methyl sites for hydroxylation is 2. The summed E-state index contributed by atoms with van der Waals surface area (Å²) in [7, 11) is 0. The van der Waals surface area contributed by atoms with Gasteiger partial charge in [0.15, 0.2) is 0 Å². The molecular formula is C11H14N6O3. The monoisotopic (exact) mass is 278 g/mol. The van der Waals surface area contributed by atoms with Crippen molar-refractivity contribution in [2.45, 2.75) is 26.8 Å². The highest BCUT2D eigenvalue weighted by molar-refractivity contribution is 5.91. The number of aromatic nitrogens is 5. The number of aromatic amines is 1. The Bertz CT molecular complexity index is 625. The van der Waals surface area contributed by atoms with Crippen LogP contribution in [0.5, 0.6) is 0 Å². The molecule has 9 nitrogen and oxygen atoms in total. The second kappa shape index (κ2) is 5.51. The van der Waals surface area contributed by atoms with Crippen LogP contribution in [0.2, 0.25) is 0 Å². The van der Waals surface area contributed by atoms with Crippen LogP contribution in [0.4, 0.5) is 5.69 Å². The van der Waals surface area contributed by atoms with E-state index in [4.69, 9.17) is 5.11 Å². The number of aliphatic carboxylic acids is 1. The quantitative estimate of drug-likeness (QED) is 0.700. The lowest BCUT2D eigenvalue weighted by molar-refractivity contribution is -0.136. The lowest BCUT2D eigenvalue weighted by atomic mass is 10.3. The number of carbonyl (C=O) groups excluding carboxylic acids is 1. The van der Waals surface area contributed by atoms with E-state index in [1.165, 1.54) is 10.9 Å². The van der Waals surface area contributed by atoms with Crippen LogP contribution in [0.1, 0.15) is 17.1 Å². The van der Waals surface area contributed by atoms with Crippen LogP contribution in [-0.4, -0.2) is 42.2 Å². The van der Waals surface area contributed by atoms with Crippen LogP contribution in [-0.2, 0) is 22.6 Å². The molecule has 0 radical (unpaired) electrons. The summed E-state index contributed by atoms with van der Waals surface area (Å²) in [6.45, 7) is 3.53.